The van der Waals surface area contributed by atoms with Gasteiger partial charge in [-0.3, -0.25) is 95.9 Å². The number of aliphatic carboxylic acids is 2. The highest BCUT2D eigenvalue weighted by molar-refractivity contribution is 7.80. The number of amides is 19. The Bertz CT molecular complexity index is 4600. The van der Waals surface area contributed by atoms with Crippen LogP contribution in [0.25, 0.3) is 10.9 Å². The summed E-state index contributed by atoms with van der Waals surface area (Å²) < 4.78 is 0. The molecule has 2 aromatic rings. The maximum atomic E-state index is 15.1. The lowest BCUT2D eigenvalue weighted by molar-refractivity contribution is -0.144. The minimum Gasteiger partial charge on any atom is -0.481 e. The third-order valence-electron chi connectivity index (χ3n) is 23.5. The summed E-state index contributed by atoms with van der Waals surface area (Å²) >= 11 is 8.58. The van der Waals surface area contributed by atoms with Crippen molar-refractivity contribution in [3.05, 3.63) is 36.0 Å². The number of rotatable bonds is 67. The summed E-state index contributed by atoms with van der Waals surface area (Å²) in [6, 6.07) is -18.8. The van der Waals surface area contributed by atoms with Crippen LogP contribution in [0.1, 0.15) is 203 Å². The fraction of sp³-hybridized carbons (Fsp3) is 0.681. The fourth-order valence-corrected chi connectivity index (χ4v) is 16.3. The molecule has 49 nitrogen and oxygen atoms in total. The SMILES string of the molecule is CC(C)C[C@H](NC(=O)[C@H](CS)NC(=O)[C@H](CCC(N)=O)NC(=O)[C@H](CCCCN)NC(=O)[C@@H](NC(=O)[C@H](CC(C)C)NC(=O)[C@H](CC(C)C)NC(=O)[C@H](CC(=O)O)NC(=O)[C@H](Cc1c[nH]c2ccccc12)NC(=O)[C@H](CCCCN)NC(=O)[C@H](CCC(N)=O)NC(=O)[C@H](CS)NC(=O)[C@@H]1CCCN1C(=O)[C@H](CCCCN)NC(=O)[C@@H]1CCCN1)[C@@H](C)O)C(=O)NCC(=O)N[C@@H](CO)C(=O)N[C@H](C(=O)O)C(C)C. The van der Waals surface area contributed by atoms with Crippen LogP contribution in [0.4, 0.5) is 0 Å². The second-order valence-corrected chi connectivity index (χ2v) is 37.9. The Hall–Kier alpha value is -11.9. The molecule has 2 aliphatic rings. The highest BCUT2D eigenvalue weighted by Gasteiger charge is 2.44. The van der Waals surface area contributed by atoms with Gasteiger partial charge in [-0.25, -0.2) is 4.79 Å². The number of H-pyrrole nitrogens is 1. The Morgan fingerprint density at radius 2 is 0.838 bits per heavy atom. The zero-order chi connectivity index (χ0) is 106. The Kier molecular flexibility index (Phi) is 54.5. The number of para-hydroxylation sites is 1. The lowest BCUT2D eigenvalue weighted by Gasteiger charge is -2.30. The minimum atomic E-state index is -2.05. The molecule has 19 amide bonds. The molecule has 3 heterocycles. The van der Waals surface area contributed by atoms with Gasteiger partial charge >= 0.3 is 11.9 Å². The van der Waals surface area contributed by atoms with Crippen LogP contribution >= 0.6 is 25.3 Å². The molecular formula is C91H150N24O25S2. The Balaban J connectivity index is 1.60. The zero-order valence-electron chi connectivity index (χ0n) is 82.1. The quantitative estimate of drug-likeness (QED) is 0.0216. The number of nitrogens with zero attached hydrogens (tertiary/aromatic N) is 1. The molecule has 142 heavy (non-hydrogen) atoms. The molecule has 796 valence electrons. The number of aliphatic hydroxyl groups excluding tert-OH is 2. The number of nitrogens with two attached hydrogens (primary N) is 5. The number of thiol groups is 2. The largest absolute Gasteiger partial charge is 0.481 e. The molecule has 2 saturated heterocycles. The van der Waals surface area contributed by atoms with Gasteiger partial charge < -0.3 is 149 Å². The number of carboxylic acid groups (broad SMARTS) is 2. The zero-order valence-corrected chi connectivity index (χ0v) is 83.9. The van der Waals surface area contributed by atoms with Crippen molar-refractivity contribution < 1.29 is 121 Å². The van der Waals surface area contributed by atoms with E-state index in [1.807, 2.05) is 0 Å². The number of primary amides is 2. The van der Waals surface area contributed by atoms with Crippen LogP contribution in [0.2, 0.25) is 0 Å². The molecular weight excluding hydrogens is 1890 g/mol. The van der Waals surface area contributed by atoms with E-state index >= 15 is 9.59 Å². The van der Waals surface area contributed by atoms with Crippen molar-refractivity contribution in [1.82, 2.24) is 100 Å². The summed E-state index contributed by atoms with van der Waals surface area (Å²) in [5, 5.41) is 84.5. The number of aromatic nitrogens is 1. The van der Waals surface area contributed by atoms with Crippen LogP contribution in [0.3, 0.4) is 0 Å². The molecule has 2 fully saturated rings. The number of aliphatic hydroxyl groups is 2. The van der Waals surface area contributed by atoms with Gasteiger partial charge in [-0.1, -0.05) is 73.6 Å². The predicted octanol–water partition coefficient (Wildman–Crippen LogP) is -6.65. The molecule has 0 spiro atoms. The summed E-state index contributed by atoms with van der Waals surface area (Å²) in [6.45, 7) is 13.7. The van der Waals surface area contributed by atoms with Crippen molar-refractivity contribution in [3.8, 4) is 0 Å². The predicted molar refractivity (Wildman–Crippen MR) is 525 cm³/mol. The molecule has 1 aromatic heterocycles. The first kappa shape index (κ1) is 122. The lowest BCUT2D eigenvalue weighted by Crippen LogP contribution is -2.62. The lowest BCUT2D eigenvalue weighted by atomic mass is 9.99. The first-order valence-corrected chi connectivity index (χ1v) is 49.4. The molecule has 0 radical (unpaired) electrons. The molecule has 2 aliphatic heterocycles. The van der Waals surface area contributed by atoms with Gasteiger partial charge in [-0.2, -0.15) is 25.3 Å². The van der Waals surface area contributed by atoms with Gasteiger partial charge in [-0.15, -0.1) is 0 Å². The molecule has 1 aromatic carbocycles. The number of nitrogens with one attached hydrogen (secondary N) is 18. The van der Waals surface area contributed by atoms with Gasteiger partial charge in [0.15, 0.2) is 0 Å². The number of likely N-dealkylation sites (tertiary alicyclic amines) is 1. The normalized spacial score (nSPS) is 16.9. The van der Waals surface area contributed by atoms with E-state index in [2.05, 4.69) is 121 Å². The van der Waals surface area contributed by atoms with Crippen molar-refractivity contribution in [3.63, 3.8) is 0 Å². The van der Waals surface area contributed by atoms with Crippen LogP contribution in [-0.4, -0.2) is 321 Å². The molecule has 18 atom stereocenters. The average Bonchev–Trinajstić information content (AvgIpc) is 1.67. The van der Waals surface area contributed by atoms with Crippen LogP contribution in [0.5, 0.6) is 0 Å². The summed E-state index contributed by atoms with van der Waals surface area (Å²) in [5.41, 5.74) is 29.5. The van der Waals surface area contributed by atoms with E-state index in [9.17, 15) is 112 Å². The molecule has 32 N–H and O–H groups in total. The van der Waals surface area contributed by atoms with E-state index < -0.39 is 296 Å². The number of carbonyl (C=O) groups excluding carboxylic acids is 19. The smallest absolute Gasteiger partial charge is 0.326 e. The van der Waals surface area contributed by atoms with Crippen molar-refractivity contribution >= 4 is 160 Å². The number of hydrogen-bond donors (Lipinski definition) is 29. The van der Waals surface area contributed by atoms with Crippen LogP contribution in [-0.2, 0) is 107 Å². The fourth-order valence-electron chi connectivity index (χ4n) is 15.8. The summed E-state index contributed by atoms with van der Waals surface area (Å²) in [7, 11) is 0. The van der Waals surface area contributed by atoms with Gasteiger partial charge in [0.25, 0.3) is 0 Å². The number of fused-ring (bicyclic) bond motifs is 1. The van der Waals surface area contributed by atoms with Crippen LogP contribution in [0.15, 0.2) is 30.5 Å². The van der Waals surface area contributed by atoms with Gasteiger partial charge in [0.05, 0.1) is 31.7 Å². The molecule has 51 heteroatoms. The monoisotopic (exact) mass is 2040 g/mol. The van der Waals surface area contributed by atoms with E-state index in [0.717, 1.165) is 13.3 Å². The van der Waals surface area contributed by atoms with Crippen molar-refractivity contribution in [2.45, 2.75) is 312 Å². The number of carboxylic acids is 2. The number of hydrogen-bond acceptors (Lipinski definition) is 29. The third kappa shape index (κ3) is 42.3. The van der Waals surface area contributed by atoms with E-state index in [1.165, 1.54) is 24.9 Å². The number of benzene rings is 1. The number of carbonyl (C=O) groups is 21. The highest BCUT2D eigenvalue weighted by Crippen LogP contribution is 2.24. The number of aromatic amines is 1. The van der Waals surface area contributed by atoms with Crippen molar-refractivity contribution in [1.29, 1.82) is 0 Å². The van der Waals surface area contributed by atoms with Crippen molar-refractivity contribution in [2.24, 2.45) is 52.3 Å². The second kappa shape index (κ2) is 63.2. The molecule has 0 unspecified atom stereocenters. The summed E-state index contributed by atoms with van der Waals surface area (Å²) in [6.07, 6.45) is -0.617. The first-order valence-electron chi connectivity index (χ1n) is 48.2. The minimum absolute atomic E-state index is 0.0551. The maximum Gasteiger partial charge on any atom is 0.326 e. The van der Waals surface area contributed by atoms with E-state index in [4.69, 9.17) is 28.7 Å². The van der Waals surface area contributed by atoms with Gasteiger partial charge in [0.2, 0.25) is 112 Å². The molecule has 0 aliphatic carbocycles. The van der Waals surface area contributed by atoms with Gasteiger partial charge in [0, 0.05) is 54.4 Å². The first-order chi connectivity index (χ1) is 67.1. The third-order valence-corrected chi connectivity index (χ3v) is 24.2. The van der Waals surface area contributed by atoms with Crippen molar-refractivity contribution in [2.75, 3.05) is 57.4 Å². The van der Waals surface area contributed by atoms with Crippen LogP contribution in [0, 0.1) is 23.7 Å². The van der Waals surface area contributed by atoms with Gasteiger partial charge in [0.1, 0.15) is 96.7 Å². The van der Waals surface area contributed by atoms with E-state index in [-0.39, 0.29) is 114 Å². The standard InChI is InChI=1S/C91H150N24O25S2/c1-46(2)36-60(75(123)99-42-71(120)100-65(43-116)85(133)113-73(49(7)8)91(139)140)106-87(135)66(44-141)111-80(128)58(28-30-70(96)119)102-77(125)56(23-13-16-32-93)104-89(137)74(50(9)117)114-84(132)62(38-48(5)6)108-81(129)61(37-47(3)4)107-83(131)64(40-72(121)122)110-82(130)63(39-51-41-98-53-21-11-10-20-52(51)53)109-78(126)55(22-12-15-31-92)101-79(127)57(27-29-69(95)118)103-86(134)67(45-142)112-88(136)68-26-19-35-115(68)90(138)59(24-14-17-33-94)105-76(124)54-25-18-34-97-54/h10-11,20-21,41,46-50,54-68,73-74,97-98,116-117,141-142H,12-19,22-40,42-45,92-94H2,1-9H3,(H2,95,118)(H2,96,119)(H,99,123)(H,100,120)(H,101,127)(H,102,125)(H,103,134)(H,104,137)(H,105,124)(H,106,135)(H,107,131)(H,108,129)(H,109,126)(H,110,130)(H,111,128)(H,112,136)(H,113,133)(H,114,132)(H,121,122)(H,139,140)/t50-,54+,55+,56+,57+,58+,59+,60+,61+,62+,63+,64+,65+,66+,67+,68+,73+,74+/m1/s1. The molecule has 0 saturated carbocycles. The van der Waals surface area contributed by atoms with Gasteiger partial charge in [-0.05, 0) is 184 Å². The molecule has 4 rings (SSSR count). The Morgan fingerprint density at radius 3 is 1.29 bits per heavy atom. The maximum absolute atomic E-state index is 15.1. The second-order valence-electron chi connectivity index (χ2n) is 37.2. The topological polar surface area (TPSA) is 793 Å². The van der Waals surface area contributed by atoms with Crippen LogP contribution < -0.4 is 119 Å². The van der Waals surface area contributed by atoms with E-state index in [1.54, 1.807) is 65.8 Å². The molecule has 0 bridgehead atoms. The number of unbranched alkanes of at least 4 members (excludes halogenated alkanes) is 3. The Morgan fingerprint density at radius 1 is 0.437 bits per heavy atom. The Labute approximate surface area is 835 Å². The average molecular weight is 2040 g/mol. The summed E-state index contributed by atoms with van der Waals surface area (Å²) in [4.78, 5) is 295. The van der Waals surface area contributed by atoms with E-state index in [0.29, 0.717) is 55.2 Å². The summed E-state index contributed by atoms with van der Waals surface area (Å²) in [5.74, 6) is -24.1. The highest BCUT2D eigenvalue weighted by atomic mass is 32.1.